The molecule has 2 rings (SSSR count). The van der Waals surface area contributed by atoms with Crippen molar-refractivity contribution in [3.8, 4) is 0 Å². The molecule has 5 nitrogen and oxygen atoms in total. The van der Waals surface area contributed by atoms with Gasteiger partial charge in [0.05, 0.1) is 0 Å². The summed E-state index contributed by atoms with van der Waals surface area (Å²) < 4.78 is 1.47. The molecule has 0 radical (unpaired) electrons. The average Bonchev–Trinajstić information content (AvgIpc) is 2.83. The molecule has 1 aromatic rings. The van der Waals surface area contributed by atoms with Crippen molar-refractivity contribution in [2.24, 2.45) is 11.8 Å². The van der Waals surface area contributed by atoms with Crippen LogP contribution in [0.5, 0.6) is 0 Å². The van der Waals surface area contributed by atoms with Crippen molar-refractivity contribution in [1.29, 1.82) is 0 Å². The molecule has 1 heterocycles. The predicted molar refractivity (Wildman–Crippen MR) is 75.5 cm³/mol. The van der Waals surface area contributed by atoms with Crippen molar-refractivity contribution in [2.45, 2.75) is 45.7 Å². The fraction of sp³-hybridized carbons (Fsp3) is 0.600. The second kappa shape index (κ2) is 6.11. The lowest BCUT2D eigenvalue weighted by atomic mass is 9.78. The number of carboxylic acids is 1. The summed E-state index contributed by atoms with van der Waals surface area (Å²) in [7, 11) is 0. The number of aromatic nitrogens is 1. The molecule has 1 aromatic heterocycles. The first-order valence-corrected chi connectivity index (χ1v) is 7.17. The molecule has 0 spiro atoms. The van der Waals surface area contributed by atoms with Crippen LogP contribution in [0.1, 0.15) is 43.6 Å². The zero-order valence-corrected chi connectivity index (χ0v) is 12.0. The molecule has 1 aliphatic carbocycles. The van der Waals surface area contributed by atoms with E-state index < -0.39 is 5.97 Å². The van der Waals surface area contributed by atoms with E-state index in [1.807, 2.05) is 0 Å². The van der Waals surface area contributed by atoms with Crippen LogP contribution in [0.15, 0.2) is 18.3 Å². The zero-order valence-electron chi connectivity index (χ0n) is 12.0. The molecule has 0 saturated heterocycles. The van der Waals surface area contributed by atoms with Crippen molar-refractivity contribution in [2.75, 3.05) is 0 Å². The molecule has 1 fully saturated rings. The van der Waals surface area contributed by atoms with Crippen molar-refractivity contribution in [1.82, 2.24) is 9.88 Å². The lowest BCUT2D eigenvalue weighted by molar-refractivity contribution is -0.123. The van der Waals surface area contributed by atoms with E-state index in [2.05, 4.69) is 19.2 Å². The first-order valence-electron chi connectivity index (χ1n) is 7.17. The predicted octanol–water partition coefficient (Wildman–Crippen LogP) is 2.13. The number of carbonyl (C=O) groups is 2. The maximum Gasteiger partial charge on any atom is 0.352 e. The molecular weight excluding hydrogens is 256 g/mol. The van der Waals surface area contributed by atoms with E-state index in [0.29, 0.717) is 11.8 Å². The molecule has 20 heavy (non-hydrogen) atoms. The van der Waals surface area contributed by atoms with Gasteiger partial charge < -0.3 is 15.0 Å². The Kier molecular flexibility index (Phi) is 4.47. The zero-order chi connectivity index (χ0) is 14.7. The summed E-state index contributed by atoms with van der Waals surface area (Å²) in [5, 5.41) is 12.1. The highest BCUT2D eigenvalue weighted by molar-refractivity contribution is 5.86. The molecule has 0 bridgehead atoms. The van der Waals surface area contributed by atoms with Crippen LogP contribution in [-0.4, -0.2) is 27.6 Å². The summed E-state index contributed by atoms with van der Waals surface area (Å²) >= 11 is 0. The Morgan fingerprint density at radius 1 is 1.40 bits per heavy atom. The Morgan fingerprint density at radius 3 is 2.85 bits per heavy atom. The Balaban J connectivity index is 1.95. The highest BCUT2D eigenvalue weighted by Crippen LogP contribution is 2.29. The number of carbonyl (C=O) groups excluding carboxylic acids is 1. The first-order chi connectivity index (χ1) is 9.49. The summed E-state index contributed by atoms with van der Waals surface area (Å²) in [4.78, 5) is 23.1. The van der Waals surface area contributed by atoms with Crippen LogP contribution in [-0.2, 0) is 11.3 Å². The number of hydrogen-bond acceptors (Lipinski definition) is 2. The Hall–Kier alpha value is -1.78. The molecule has 3 atom stereocenters. The molecule has 3 unspecified atom stereocenters. The van der Waals surface area contributed by atoms with Gasteiger partial charge in [0.15, 0.2) is 0 Å². The van der Waals surface area contributed by atoms with Gasteiger partial charge in [0.1, 0.15) is 12.2 Å². The molecule has 1 saturated carbocycles. The van der Waals surface area contributed by atoms with Crippen molar-refractivity contribution in [3.63, 3.8) is 0 Å². The highest BCUT2D eigenvalue weighted by Gasteiger charge is 2.28. The normalized spacial score (nSPS) is 26.2. The number of amides is 1. The van der Waals surface area contributed by atoms with Gasteiger partial charge in [-0.05, 0) is 30.4 Å². The third kappa shape index (κ3) is 3.21. The molecule has 110 valence electrons. The summed E-state index contributed by atoms with van der Waals surface area (Å²) in [6.45, 7) is 4.46. The highest BCUT2D eigenvalue weighted by atomic mass is 16.4. The maximum absolute atomic E-state index is 12.1. The topological polar surface area (TPSA) is 71.3 Å². The number of hydrogen-bond donors (Lipinski definition) is 2. The smallest absolute Gasteiger partial charge is 0.352 e. The lowest BCUT2D eigenvalue weighted by Gasteiger charge is -2.34. The van der Waals surface area contributed by atoms with Gasteiger partial charge >= 0.3 is 5.97 Å². The Labute approximate surface area is 119 Å². The second-order valence-corrected chi connectivity index (χ2v) is 5.77. The summed E-state index contributed by atoms with van der Waals surface area (Å²) in [6, 6.07) is 3.35. The van der Waals surface area contributed by atoms with E-state index in [4.69, 9.17) is 5.11 Å². The van der Waals surface area contributed by atoms with Crippen molar-refractivity contribution < 1.29 is 14.7 Å². The molecule has 5 heteroatoms. The maximum atomic E-state index is 12.1. The van der Waals surface area contributed by atoms with Crippen LogP contribution in [0.4, 0.5) is 0 Å². The number of aromatic carboxylic acids is 1. The van der Waals surface area contributed by atoms with Crippen LogP contribution in [0.3, 0.4) is 0 Å². The van der Waals surface area contributed by atoms with Gasteiger partial charge in [0.2, 0.25) is 5.91 Å². The average molecular weight is 278 g/mol. The summed E-state index contributed by atoms with van der Waals surface area (Å²) in [6.07, 6.45) is 4.99. The summed E-state index contributed by atoms with van der Waals surface area (Å²) in [5.74, 6) is -0.0383. The van der Waals surface area contributed by atoms with E-state index in [0.717, 1.165) is 12.8 Å². The van der Waals surface area contributed by atoms with Crippen LogP contribution in [0.25, 0.3) is 0 Å². The third-order valence-electron chi connectivity index (χ3n) is 4.42. The van der Waals surface area contributed by atoms with Crippen molar-refractivity contribution >= 4 is 11.9 Å². The van der Waals surface area contributed by atoms with Gasteiger partial charge in [-0.3, -0.25) is 4.79 Å². The lowest BCUT2D eigenvalue weighted by Crippen LogP contribution is -2.44. The van der Waals surface area contributed by atoms with Gasteiger partial charge in [0.25, 0.3) is 0 Å². The third-order valence-corrected chi connectivity index (χ3v) is 4.42. The molecule has 1 aliphatic rings. The molecule has 1 amide bonds. The Morgan fingerprint density at radius 2 is 2.15 bits per heavy atom. The minimum atomic E-state index is -1.01. The number of nitrogens with zero attached hydrogens (tertiary/aromatic N) is 1. The van der Waals surface area contributed by atoms with E-state index in [-0.39, 0.29) is 24.2 Å². The first kappa shape index (κ1) is 14.6. The molecule has 2 N–H and O–H groups in total. The standard InChI is InChI=1S/C15H22N2O3/c1-10-5-3-6-12(11(10)2)16-14(18)9-17-8-4-7-13(17)15(19)20/h4,7-8,10-12H,3,5-6,9H2,1-2H3,(H,16,18)(H,19,20). The SMILES string of the molecule is CC1CCCC(NC(=O)Cn2cccc2C(=O)O)C1C. The summed E-state index contributed by atoms with van der Waals surface area (Å²) in [5.41, 5.74) is 0.144. The monoisotopic (exact) mass is 278 g/mol. The molecule has 0 aliphatic heterocycles. The second-order valence-electron chi connectivity index (χ2n) is 5.77. The van der Waals surface area contributed by atoms with Gasteiger partial charge in [-0.1, -0.05) is 26.7 Å². The van der Waals surface area contributed by atoms with Gasteiger partial charge in [0, 0.05) is 12.2 Å². The molecular formula is C15H22N2O3. The molecule has 0 aromatic carbocycles. The van der Waals surface area contributed by atoms with E-state index in [1.54, 1.807) is 12.3 Å². The van der Waals surface area contributed by atoms with Crippen LogP contribution in [0.2, 0.25) is 0 Å². The van der Waals surface area contributed by atoms with E-state index in [9.17, 15) is 9.59 Å². The number of carboxylic acid groups (broad SMARTS) is 1. The van der Waals surface area contributed by atoms with Gasteiger partial charge in [-0.15, -0.1) is 0 Å². The Bertz CT molecular complexity index is 495. The van der Waals surface area contributed by atoms with Crippen LogP contribution >= 0.6 is 0 Å². The fourth-order valence-electron chi connectivity index (χ4n) is 2.94. The van der Waals surface area contributed by atoms with Crippen LogP contribution in [0, 0.1) is 11.8 Å². The minimum Gasteiger partial charge on any atom is -0.477 e. The van der Waals surface area contributed by atoms with Crippen LogP contribution < -0.4 is 5.32 Å². The number of nitrogens with one attached hydrogen (secondary N) is 1. The minimum absolute atomic E-state index is 0.0617. The largest absolute Gasteiger partial charge is 0.477 e. The van der Waals surface area contributed by atoms with Gasteiger partial charge in [-0.25, -0.2) is 4.79 Å². The van der Waals surface area contributed by atoms with Gasteiger partial charge in [-0.2, -0.15) is 0 Å². The fourth-order valence-corrected chi connectivity index (χ4v) is 2.94. The van der Waals surface area contributed by atoms with E-state index >= 15 is 0 Å². The quantitative estimate of drug-likeness (QED) is 0.886. The number of rotatable bonds is 4. The van der Waals surface area contributed by atoms with E-state index in [1.165, 1.54) is 17.1 Å². The van der Waals surface area contributed by atoms with Crippen molar-refractivity contribution in [3.05, 3.63) is 24.0 Å².